The minimum atomic E-state index is -0.361. The molecule has 0 aliphatic heterocycles. The summed E-state index contributed by atoms with van der Waals surface area (Å²) in [5, 5.41) is 0. The zero-order chi connectivity index (χ0) is 18.1. The van der Waals surface area contributed by atoms with Crippen LogP contribution in [-0.4, -0.2) is 18.4 Å². The first-order chi connectivity index (χ1) is 12.7. The van der Waals surface area contributed by atoms with Crippen LogP contribution in [0.5, 0.6) is 0 Å². The Balaban J connectivity index is 1.50. The maximum absolute atomic E-state index is 12.8. The molecule has 0 N–H and O–H groups in total. The molecule has 1 saturated carbocycles. The van der Waals surface area contributed by atoms with Crippen molar-refractivity contribution in [3.63, 3.8) is 0 Å². The number of ketones is 1. The van der Waals surface area contributed by atoms with Crippen molar-refractivity contribution in [3.05, 3.63) is 76.4 Å². The number of esters is 1. The molecule has 26 heavy (non-hydrogen) atoms. The highest BCUT2D eigenvalue weighted by atomic mass is 16.5. The Kier molecular flexibility index (Phi) is 4.46. The molecule has 2 aliphatic rings. The van der Waals surface area contributed by atoms with Gasteiger partial charge in [0.2, 0.25) is 0 Å². The highest BCUT2D eigenvalue weighted by Crippen LogP contribution is 2.53. The lowest BCUT2D eigenvalue weighted by molar-refractivity contribution is -0.137. The van der Waals surface area contributed by atoms with E-state index < -0.39 is 0 Å². The summed E-state index contributed by atoms with van der Waals surface area (Å²) in [6, 6.07) is 13.5. The van der Waals surface area contributed by atoms with Crippen LogP contribution < -0.4 is 0 Å². The topological polar surface area (TPSA) is 43.4 Å². The van der Waals surface area contributed by atoms with Crippen LogP contribution in [-0.2, 0) is 9.53 Å². The van der Waals surface area contributed by atoms with Crippen molar-refractivity contribution in [3.8, 4) is 0 Å². The van der Waals surface area contributed by atoms with Gasteiger partial charge in [0.15, 0.2) is 5.78 Å². The predicted octanol–water partition coefficient (Wildman–Crippen LogP) is 4.86. The average Bonchev–Trinajstić information content (AvgIpc) is 3.29. The van der Waals surface area contributed by atoms with Crippen molar-refractivity contribution in [2.24, 2.45) is 0 Å². The molecule has 0 aromatic heterocycles. The van der Waals surface area contributed by atoms with Crippen LogP contribution in [0.4, 0.5) is 0 Å². The van der Waals surface area contributed by atoms with Gasteiger partial charge in [0.25, 0.3) is 0 Å². The van der Waals surface area contributed by atoms with Crippen molar-refractivity contribution in [1.29, 1.82) is 0 Å². The molecular weight excluding hydrogens is 324 g/mol. The van der Waals surface area contributed by atoms with Gasteiger partial charge in [0.05, 0.1) is 6.61 Å². The first-order valence-electron chi connectivity index (χ1n) is 9.29. The molecule has 0 radical (unpaired) electrons. The number of carbonyl (C=O) groups is 2. The van der Waals surface area contributed by atoms with Crippen LogP contribution >= 0.6 is 0 Å². The fourth-order valence-electron chi connectivity index (χ4n) is 4.25. The Labute approximate surface area is 153 Å². The zero-order valence-corrected chi connectivity index (χ0v) is 14.9. The lowest BCUT2D eigenvalue weighted by atomic mass is 9.89. The first kappa shape index (κ1) is 16.8. The summed E-state index contributed by atoms with van der Waals surface area (Å²) >= 11 is 0. The van der Waals surface area contributed by atoms with E-state index in [0.717, 1.165) is 11.1 Å². The van der Waals surface area contributed by atoms with Crippen LogP contribution in [0.3, 0.4) is 0 Å². The van der Waals surface area contributed by atoms with Gasteiger partial charge in [-0.1, -0.05) is 36.4 Å². The largest absolute Gasteiger partial charge is 0.463 e. The van der Waals surface area contributed by atoms with Gasteiger partial charge in [-0.15, -0.1) is 0 Å². The Morgan fingerprint density at radius 1 is 1.00 bits per heavy atom. The molecule has 0 amide bonds. The number of hydrogen-bond acceptors (Lipinski definition) is 3. The maximum Gasteiger partial charge on any atom is 0.330 e. The zero-order valence-electron chi connectivity index (χ0n) is 14.9. The molecule has 2 aromatic rings. The van der Waals surface area contributed by atoms with Gasteiger partial charge in [-0.3, -0.25) is 4.79 Å². The van der Waals surface area contributed by atoms with E-state index in [9.17, 15) is 9.59 Å². The van der Waals surface area contributed by atoms with Gasteiger partial charge in [-0.05, 0) is 66.9 Å². The number of fused-ring (bicyclic) bond motifs is 5. The Morgan fingerprint density at radius 2 is 1.69 bits per heavy atom. The second kappa shape index (κ2) is 6.91. The molecule has 1 fully saturated rings. The molecule has 2 unspecified atom stereocenters. The fraction of sp³-hybridized carbons (Fsp3) is 0.304. The van der Waals surface area contributed by atoms with Gasteiger partial charge in [0.1, 0.15) is 0 Å². The lowest BCUT2D eigenvalue weighted by Gasteiger charge is -2.15. The van der Waals surface area contributed by atoms with Crippen molar-refractivity contribution in [2.45, 2.75) is 38.0 Å². The fourth-order valence-corrected chi connectivity index (χ4v) is 4.25. The van der Waals surface area contributed by atoms with E-state index in [4.69, 9.17) is 4.74 Å². The molecule has 2 aromatic carbocycles. The van der Waals surface area contributed by atoms with Crippen molar-refractivity contribution < 1.29 is 14.3 Å². The molecule has 0 spiro atoms. The third kappa shape index (κ3) is 3.10. The van der Waals surface area contributed by atoms with Crippen LogP contribution in [0.2, 0.25) is 0 Å². The molecule has 132 valence electrons. The quantitative estimate of drug-likeness (QED) is 0.441. The smallest absolute Gasteiger partial charge is 0.330 e. The van der Waals surface area contributed by atoms with E-state index in [2.05, 4.69) is 12.1 Å². The molecule has 2 bridgehead atoms. The summed E-state index contributed by atoms with van der Waals surface area (Å²) in [5.74, 6) is 1.05. The van der Waals surface area contributed by atoms with Gasteiger partial charge < -0.3 is 4.74 Å². The molecule has 0 heterocycles. The van der Waals surface area contributed by atoms with E-state index in [1.165, 1.54) is 36.5 Å². The van der Waals surface area contributed by atoms with Crippen molar-refractivity contribution in [2.75, 3.05) is 6.61 Å². The normalized spacial score (nSPS) is 20.3. The van der Waals surface area contributed by atoms with Gasteiger partial charge in [0, 0.05) is 17.2 Å². The van der Waals surface area contributed by atoms with Gasteiger partial charge in [-0.2, -0.15) is 0 Å². The first-order valence-corrected chi connectivity index (χ1v) is 9.29. The highest BCUT2D eigenvalue weighted by molar-refractivity contribution is 6.09. The van der Waals surface area contributed by atoms with Crippen LogP contribution in [0.15, 0.2) is 48.5 Å². The number of rotatable bonds is 5. The van der Waals surface area contributed by atoms with E-state index in [-0.39, 0.29) is 11.8 Å². The monoisotopic (exact) mass is 346 g/mol. The molecule has 3 nitrogen and oxygen atoms in total. The Hall–Kier alpha value is -2.68. The van der Waals surface area contributed by atoms with Crippen molar-refractivity contribution in [1.82, 2.24) is 0 Å². The number of carbonyl (C=O) groups excluding carboxylic acids is 2. The van der Waals surface area contributed by atoms with E-state index in [0.29, 0.717) is 24.0 Å². The SMILES string of the molecule is CCOC(=O)C=Cc1ccc(C(=O)c2ccc3c(c2)C2CCC3C2)cc1. The summed E-state index contributed by atoms with van der Waals surface area (Å²) in [5.41, 5.74) is 5.15. The third-order valence-electron chi connectivity index (χ3n) is 5.53. The number of benzene rings is 2. The predicted molar refractivity (Wildman–Crippen MR) is 101 cm³/mol. The standard InChI is InChI=1S/C23H22O3/c1-2-26-22(24)12-5-15-3-6-16(7-4-15)23(25)19-10-11-20-17-8-9-18(13-17)21(20)14-19/h3-7,10-12,14,17-18H,2,8-9,13H2,1H3. The molecule has 4 rings (SSSR count). The number of ether oxygens (including phenoxy) is 1. The second-order valence-electron chi connectivity index (χ2n) is 7.09. The van der Waals surface area contributed by atoms with E-state index in [1.807, 2.05) is 30.3 Å². The maximum atomic E-state index is 12.8. The summed E-state index contributed by atoms with van der Waals surface area (Å²) < 4.78 is 4.86. The minimum Gasteiger partial charge on any atom is -0.463 e. The molecule has 0 saturated heterocycles. The van der Waals surface area contributed by atoms with Crippen LogP contribution in [0.25, 0.3) is 6.08 Å². The highest BCUT2D eigenvalue weighted by Gasteiger charge is 2.36. The number of hydrogen-bond donors (Lipinski definition) is 0. The van der Waals surface area contributed by atoms with Crippen LogP contribution in [0, 0.1) is 0 Å². The van der Waals surface area contributed by atoms with E-state index in [1.54, 1.807) is 13.0 Å². The molecule has 3 heteroatoms. The molecular formula is C23H22O3. The Bertz CT molecular complexity index is 877. The summed E-state index contributed by atoms with van der Waals surface area (Å²) in [6.07, 6.45) is 6.91. The average molecular weight is 346 g/mol. The minimum absolute atomic E-state index is 0.0523. The summed E-state index contributed by atoms with van der Waals surface area (Å²) in [6.45, 7) is 2.13. The molecule has 2 atom stereocenters. The van der Waals surface area contributed by atoms with Crippen LogP contribution in [0.1, 0.15) is 70.6 Å². The van der Waals surface area contributed by atoms with Crippen molar-refractivity contribution >= 4 is 17.8 Å². The third-order valence-corrected chi connectivity index (χ3v) is 5.53. The van der Waals surface area contributed by atoms with E-state index >= 15 is 0 Å². The second-order valence-corrected chi connectivity index (χ2v) is 7.09. The lowest BCUT2D eigenvalue weighted by Crippen LogP contribution is -2.05. The van der Waals surface area contributed by atoms with Gasteiger partial charge in [-0.25, -0.2) is 4.79 Å². The summed E-state index contributed by atoms with van der Waals surface area (Å²) in [4.78, 5) is 24.2. The Morgan fingerprint density at radius 3 is 2.42 bits per heavy atom. The summed E-state index contributed by atoms with van der Waals surface area (Å²) in [7, 11) is 0. The van der Waals surface area contributed by atoms with Gasteiger partial charge >= 0.3 is 5.97 Å². The molecule has 2 aliphatic carbocycles.